The second kappa shape index (κ2) is 4.99. The van der Waals surface area contributed by atoms with Gasteiger partial charge in [0, 0.05) is 7.11 Å². The molecule has 15 heavy (non-hydrogen) atoms. The van der Waals surface area contributed by atoms with Crippen LogP contribution in [0, 0.1) is 28.6 Å². The third-order valence-corrected chi connectivity index (χ3v) is 4.28. The van der Waals surface area contributed by atoms with Gasteiger partial charge in [-0.25, -0.2) is 0 Å². The fourth-order valence-corrected chi connectivity index (χ4v) is 2.54. The predicted molar refractivity (Wildman–Crippen MR) is 61.3 cm³/mol. The van der Waals surface area contributed by atoms with E-state index in [9.17, 15) is 0 Å². The van der Waals surface area contributed by atoms with Crippen molar-refractivity contribution in [3.8, 4) is 6.07 Å². The SMILES string of the molecule is CCC(C)(C)C1CCC(C#N)C(OC)C1. The Hall–Kier alpha value is -0.550. The van der Waals surface area contributed by atoms with Gasteiger partial charge in [0.2, 0.25) is 0 Å². The Morgan fingerprint density at radius 1 is 1.40 bits per heavy atom. The topological polar surface area (TPSA) is 33.0 Å². The van der Waals surface area contributed by atoms with E-state index in [-0.39, 0.29) is 12.0 Å². The van der Waals surface area contributed by atoms with E-state index in [4.69, 9.17) is 10.00 Å². The molecule has 0 N–H and O–H groups in total. The lowest BCUT2D eigenvalue weighted by Crippen LogP contribution is -2.36. The molecular formula is C13H23NO. The minimum absolute atomic E-state index is 0.110. The van der Waals surface area contributed by atoms with Crippen LogP contribution in [0.25, 0.3) is 0 Å². The highest BCUT2D eigenvalue weighted by atomic mass is 16.5. The van der Waals surface area contributed by atoms with Crippen LogP contribution < -0.4 is 0 Å². The van der Waals surface area contributed by atoms with Crippen molar-refractivity contribution in [2.75, 3.05) is 7.11 Å². The Kier molecular flexibility index (Phi) is 4.16. The zero-order chi connectivity index (χ0) is 11.5. The highest BCUT2D eigenvalue weighted by molar-refractivity contribution is 4.96. The van der Waals surface area contributed by atoms with Gasteiger partial charge in [0.15, 0.2) is 0 Å². The molecule has 0 spiro atoms. The minimum atomic E-state index is 0.110. The highest BCUT2D eigenvalue weighted by Crippen LogP contribution is 2.42. The second-order valence-corrected chi connectivity index (χ2v) is 5.36. The lowest BCUT2D eigenvalue weighted by molar-refractivity contribution is -0.00514. The monoisotopic (exact) mass is 209 g/mol. The van der Waals surface area contributed by atoms with E-state index < -0.39 is 0 Å². The summed E-state index contributed by atoms with van der Waals surface area (Å²) in [4.78, 5) is 0. The first-order valence-electron chi connectivity index (χ1n) is 5.97. The first kappa shape index (κ1) is 12.5. The molecule has 0 aromatic carbocycles. The number of methoxy groups -OCH3 is 1. The molecule has 0 bridgehead atoms. The molecule has 0 aromatic rings. The van der Waals surface area contributed by atoms with E-state index in [1.807, 2.05) is 0 Å². The third-order valence-electron chi connectivity index (χ3n) is 4.28. The first-order valence-corrected chi connectivity index (χ1v) is 5.97. The maximum Gasteiger partial charge on any atom is 0.0732 e. The molecule has 0 amide bonds. The van der Waals surface area contributed by atoms with E-state index in [1.165, 1.54) is 12.8 Å². The molecule has 1 fully saturated rings. The minimum Gasteiger partial charge on any atom is -0.380 e. The maximum absolute atomic E-state index is 9.01. The van der Waals surface area contributed by atoms with Gasteiger partial charge in [0.05, 0.1) is 18.1 Å². The van der Waals surface area contributed by atoms with Crippen molar-refractivity contribution in [3.63, 3.8) is 0 Å². The summed E-state index contributed by atoms with van der Waals surface area (Å²) in [6.45, 7) is 6.91. The summed E-state index contributed by atoms with van der Waals surface area (Å²) in [7, 11) is 1.73. The molecule has 1 aliphatic carbocycles. The summed E-state index contributed by atoms with van der Waals surface area (Å²) >= 11 is 0. The normalized spacial score (nSPS) is 32.3. The summed E-state index contributed by atoms with van der Waals surface area (Å²) in [5.74, 6) is 0.816. The second-order valence-electron chi connectivity index (χ2n) is 5.36. The van der Waals surface area contributed by atoms with Gasteiger partial charge in [-0.2, -0.15) is 5.26 Å². The lowest BCUT2D eigenvalue weighted by atomic mass is 9.67. The molecule has 0 radical (unpaired) electrons. The van der Waals surface area contributed by atoms with Crippen LogP contribution in [0.15, 0.2) is 0 Å². The summed E-state index contributed by atoms with van der Waals surface area (Å²) in [6.07, 6.45) is 4.59. The molecule has 3 atom stereocenters. The Morgan fingerprint density at radius 2 is 2.07 bits per heavy atom. The van der Waals surface area contributed by atoms with Crippen LogP contribution in [-0.4, -0.2) is 13.2 Å². The fraction of sp³-hybridized carbons (Fsp3) is 0.923. The summed E-state index contributed by atoms with van der Waals surface area (Å²) < 4.78 is 5.44. The number of nitrogens with zero attached hydrogens (tertiary/aromatic N) is 1. The molecule has 0 heterocycles. The molecule has 0 aromatic heterocycles. The van der Waals surface area contributed by atoms with Gasteiger partial charge in [-0.1, -0.05) is 27.2 Å². The van der Waals surface area contributed by atoms with Crippen molar-refractivity contribution >= 4 is 0 Å². The molecule has 2 nitrogen and oxygen atoms in total. The van der Waals surface area contributed by atoms with Gasteiger partial charge in [-0.15, -0.1) is 0 Å². The third kappa shape index (κ3) is 2.72. The highest BCUT2D eigenvalue weighted by Gasteiger charge is 2.37. The first-order chi connectivity index (χ1) is 7.05. The smallest absolute Gasteiger partial charge is 0.0732 e. The van der Waals surface area contributed by atoms with Gasteiger partial charge in [-0.05, 0) is 30.6 Å². The number of rotatable bonds is 3. The van der Waals surface area contributed by atoms with E-state index in [0.29, 0.717) is 11.3 Å². The van der Waals surface area contributed by atoms with E-state index in [1.54, 1.807) is 7.11 Å². The van der Waals surface area contributed by atoms with E-state index >= 15 is 0 Å². The van der Waals surface area contributed by atoms with Crippen LogP contribution in [0.4, 0.5) is 0 Å². The van der Waals surface area contributed by atoms with Crippen LogP contribution in [0.2, 0.25) is 0 Å². The number of ether oxygens (including phenoxy) is 1. The van der Waals surface area contributed by atoms with Crippen molar-refractivity contribution in [2.24, 2.45) is 17.3 Å². The standard InChI is InChI=1S/C13H23NO/c1-5-13(2,3)11-7-6-10(9-14)12(8-11)15-4/h10-12H,5-8H2,1-4H3. The molecular weight excluding hydrogens is 186 g/mol. The molecule has 1 rings (SSSR count). The van der Waals surface area contributed by atoms with Crippen LogP contribution in [0.1, 0.15) is 46.5 Å². The summed E-state index contributed by atoms with van der Waals surface area (Å²) in [6, 6.07) is 2.37. The van der Waals surface area contributed by atoms with Crippen molar-refractivity contribution in [3.05, 3.63) is 0 Å². The fourth-order valence-electron chi connectivity index (χ4n) is 2.54. The summed E-state index contributed by atoms with van der Waals surface area (Å²) in [5, 5.41) is 9.01. The average Bonchev–Trinajstić information content (AvgIpc) is 2.28. The van der Waals surface area contributed by atoms with E-state index in [2.05, 4.69) is 26.8 Å². The van der Waals surface area contributed by atoms with Crippen LogP contribution in [0.5, 0.6) is 0 Å². The Labute approximate surface area is 93.6 Å². The van der Waals surface area contributed by atoms with Crippen LogP contribution in [-0.2, 0) is 4.74 Å². The summed E-state index contributed by atoms with van der Waals surface area (Å²) in [5.41, 5.74) is 0.386. The van der Waals surface area contributed by atoms with Crippen molar-refractivity contribution < 1.29 is 4.74 Å². The van der Waals surface area contributed by atoms with Crippen molar-refractivity contribution in [2.45, 2.75) is 52.6 Å². The molecule has 0 aliphatic heterocycles. The molecule has 86 valence electrons. The van der Waals surface area contributed by atoms with Gasteiger partial charge >= 0.3 is 0 Å². The van der Waals surface area contributed by atoms with Crippen molar-refractivity contribution in [1.29, 1.82) is 5.26 Å². The maximum atomic E-state index is 9.01. The Morgan fingerprint density at radius 3 is 2.53 bits per heavy atom. The Bertz CT molecular complexity index is 241. The molecule has 0 saturated heterocycles. The molecule has 1 aliphatic rings. The molecule has 1 saturated carbocycles. The molecule has 3 unspecified atom stereocenters. The zero-order valence-corrected chi connectivity index (χ0v) is 10.4. The number of nitriles is 1. The van der Waals surface area contributed by atoms with E-state index in [0.717, 1.165) is 12.8 Å². The van der Waals surface area contributed by atoms with Gasteiger partial charge in [0.25, 0.3) is 0 Å². The van der Waals surface area contributed by atoms with Crippen LogP contribution in [0.3, 0.4) is 0 Å². The van der Waals surface area contributed by atoms with Gasteiger partial charge in [-0.3, -0.25) is 0 Å². The largest absolute Gasteiger partial charge is 0.380 e. The Balaban J connectivity index is 2.65. The molecule has 2 heteroatoms. The van der Waals surface area contributed by atoms with Crippen LogP contribution >= 0.6 is 0 Å². The quantitative estimate of drug-likeness (QED) is 0.714. The number of hydrogen-bond acceptors (Lipinski definition) is 2. The van der Waals surface area contributed by atoms with Gasteiger partial charge in [0.1, 0.15) is 0 Å². The number of hydrogen-bond donors (Lipinski definition) is 0. The lowest BCUT2D eigenvalue weighted by Gasteiger charge is -2.40. The zero-order valence-electron chi connectivity index (χ0n) is 10.4. The van der Waals surface area contributed by atoms with Gasteiger partial charge < -0.3 is 4.74 Å². The average molecular weight is 209 g/mol. The predicted octanol–water partition coefficient (Wildman–Crippen LogP) is 3.38. The van der Waals surface area contributed by atoms with Crippen molar-refractivity contribution in [1.82, 2.24) is 0 Å².